The fraction of sp³-hybridized carbons (Fsp3) is 0.263. The number of benzene rings is 1. The van der Waals surface area contributed by atoms with Crippen LogP contribution in [0.2, 0.25) is 0 Å². The first kappa shape index (κ1) is 15.0. The van der Waals surface area contributed by atoms with Gasteiger partial charge in [0.1, 0.15) is 0 Å². The average Bonchev–Trinajstić information content (AvgIpc) is 2.56. The van der Waals surface area contributed by atoms with Crippen LogP contribution in [0.5, 0.6) is 0 Å². The van der Waals surface area contributed by atoms with Crippen LogP contribution in [0.4, 0.5) is 0 Å². The maximum atomic E-state index is 8.83. The molecular formula is C19H20N2. The minimum atomic E-state index is 0.136. The molecule has 0 saturated carbocycles. The first-order valence-corrected chi connectivity index (χ1v) is 7.37. The van der Waals surface area contributed by atoms with Gasteiger partial charge in [-0.15, -0.1) is 0 Å². The Morgan fingerprint density at radius 3 is 2.62 bits per heavy atom. The number of unbranched alkanes of at least 4 members (excludes halogenated alkanes) is 1. The van der Waals surface area contributed by atoms with Crippen molar-refractivity contribution >= 4 is 5.57 Å². The number of pyridine rings is 1. The van der Waals surface area contributed by atoms with Crippen molar-refractivity contribution in [1.82, 2.24) is 4.98 Å². The Morgan fingerprint density at radius 2 is 1.95 bits per heavy atom. The molecule has 1 atom stereocenters. The summed E-state index contributed by atoms with van der Waals surface area (Å²) >= 11 is 0. The van der Waals surface area contributed by atoms with E-state index in [2.05, 4.69) is 47.5 Å². The lowest BCUT2D eigenvalue weighted by molar-refractivity contribution is 0.623. The molecule has 1 unspecified atom stereocenters. The molecule has 0 N–H and O–H groups in total. The molecule has 1 aromatic carbocycles. The summed E-state index contributed by atoms with van der Waals surface area (Å²) < 4.78 is 0. The Balaban J connectivity index is 2.16. The van der Waals surface area contributed by atoms with Crippen LogP contribution >= 0.6 is 0 Å². The molecule has 0 fully saturated rings. The van der Waals surface area contributed by atoms with E-state index < -0.39 is 0 Å². The Kier molecular flexibility index (Phi) is 5.72. The third-order valence-corrected chi connectivity index (χ3v) is 3.47. The van der Waals surface area contributed by atoms with Crippen molar-refractivity contribution in [2.45, 2.75) is 26.2 Å². The highest BCUT2D eigenvalue weighted by molar-refractivity contribution is 5.79. The van der Waals surface area contributed by atoms with Gasteiger partial charge in [-0.3, -0.25) is 4.98 Å². The predicted octanol–water partition coefficient (Wildman–Crippen LogP) is 4.84. The van der Waals surface area contributed by atoms with Crippen LogP contribution in [0.1, 0.15) is 37.3 Å². The Bertz CT molecular complexity index is 568. The molecule has 0 bridgehead atoms. The van der Waals surface area contributed by atoms with Gasteiger partial charge >= 0.3 is 0 Å². The van der Waals surface area contributed by atoms with Gasteiger partial charge in [0.05, 0.1) is 6.07 Å². The number of nitriles is 1. The van der Waals surface area contributed by atoms with Crippen LogP contribution in [0.15, 0.2) is 60.9 Å². The first-order chi connectivity index (χ1) is 10.3. The molecule has 1 heterocycles. The van der Waals surface area contributed by atoms with E-state index in [1.165, 1.54) is 11.1 Å². The second-order valence-corrected chi connectivity index (χ2v) is 5.19. The second-order valence-electron chi connectivity index (χ2n) is 5.19. The molecule has 2 aromatic rings. The molecule has 0 aliphatic rings. The molecule has 21 heavy (non-hydrogen) atoms. The van der Waals surface area contributed by atoms with Crippen molar-refractivity contribution in [3.8, 4) is 6.07 Å². The highest BCUT2D eigenvalue weighted by Gasteiger charge is 2.05. The summed E-state index contributed by atoms with van der Waals surface area (Å²) in [5.41, 5.74) is 3.56. The normalized spacial score (nSPS) is 12.7. The minimum absolute atomic E-state index is 0.136. The van der Waals surface area contributed by atoms with Crippen LogP contribution in [0, 0.1) is 17.2 Å². The largest absolute Gasteiger partial charge is 0.264 e. The first-order valence-electron chi connectivity index (χ1n) is 7.37. The van der Waals surface area contributed by atoms with Gasteiger partial charge in [-0.1, -0.05) is 42.5 Å². The van der Waals surface area contributed by atoms with E-state index in [9.17, 15) is 0 Å². The summed E-state index contributed by atoms with van der Waals surface area (Å²) in [6.45, 7) is 1.98. The van der Waals surface area contributed by atoms with Crippen molar-refractivity contribution in [2.75, 3.05) is 0 Å². The molecule has 2 heteroatoms. The van der Waals surface area contributed by atoms with Crippen LogP contribution < -0.4 is 0 Å². The Hall–Kier alpha value is -2.40. The molecule has 0 radical (unpaired) electrons. The summed E-state index contributed by atoms with van der Waals surface area (Å²) in [7, 11) is 0. The summed E-state index contributed by atoms with van der Waals surface area (Å²) in [5.74, 6) is 0.136. The highest BCUT2D eigenvalue weighted by atomic mass is 14.6. The van der Waals surface area contributed by atoms with Gasteiger partial charge in [0.25, 0.3) is 0 Å². The monoisotopic (exact) mass is 276 g/mol. The van der Waals surface area contributed by atoms with E-state index in [4.69, 9.17) is 5.26 Å². The van der Waals surface area contributed by atoms with Gasteiger partial charge in [-0.25, -0.2) is 0 Å². The highest BCUT2D eigenvalue weighted by Crippen LogP contribution is 2.23. The molecule has 1 aromatic heterocycles. The molecule has 0 aliphatic heterocycles. The molecule has 0 spiro atoms. The molecule has 2 nitrogen and oxygen atoms in total. The lowest BCUT2D eigenvalue weighted by atomic mass is 9.97. The Labute approximate surface area is 126 Å². The van der Waals surface area contributed by atoms with Gasteiger partial charge < -0.3 is 0 Å². The van der Waals surface area contributed by atoms with Crippen molar-refractivity contribution in [2.24, 2.45) is 5.92 Å². The van der Waals surface area contributed by atoms with E-state index in [0.29, 0.717) is 0 Å². The molecule has 0 amide bonds. The third-order valence-electron chi connectivity index (χ3n) is 3.47. The topological polar surface area (TPSA) is 36.7 Å². The minimum Gasteiger partial charge on any atom is -0.264 e. The number of nitrogens with zero attached hydrogens (tertiary/aromatic N) is 2. The smallest absolute Gasteiger partial charge is 0.0652 e. The molecule has 2 rings (SSSR count). The average molecular weight is 276 g/mol. The summed E-state index contributed by atoms with van der Waals surface area (Å²) in [4.78, 5) is 4.22. The van der Waals surface area contributed by atoms with E-state index in [1.54, 1.807) is 6.20 Å². The fourth-order valence-corrected chi connectivity index (χ4v) is 2.28. The van der Waals surface area contributed by atoms with Crippen molar-refractivity contribution < 1.29 is 0 Å². The molecular weight excluding hydrogens is 256 g/mol. The third kappa shape index (κ3) is 4.57. The number of hydrogen-bond donors (Lipinski definition) is 0. The van der Waals surface area contributed by atoms with E-state index in [1.807, 2.05) is 25.3 Å². The molecule has 0 saturated heterocycles. The standard InChI is InChI=1S/C19H20N2/c1-16(14-20)8-5-6-12-19(17-9-3-2-4-10-17)18-11-7-13-21-15-18/h2-4,7,9-13,15-16H,5-6,8H2,1H3/b19-12+. The van der Waals surface area contributed by atoms with Crippen LogP contribution in [-0.4, -0.2) is 4.98 Å². The van der Waals surface area contributed by atoms with Crippen LogP contribution in [0.25, 0.3) is 5.57 Å². The molecule has 106 valence electrons. The van der Waals surface area contributed by atoms with Gasteiger partial charge in [0.2, 0.25) is 0 Å². The summed E-state index contributed by atoms with van der Waals surface area (Å²) in [5, 5.41) is 8.83. The number of aromatic nitrogens is 1. The zero-order chi connectivity index (χ0) is 14.9. The van der Waals surface area contributed by atoms with Crippen LogP contribution in [-0.2, 0) is 0 Å². The lowest BCUT2D eigenvalue weighted by Gasteiger charge is -2.08. The lowest BCUT2D eigenvalue weighted by Crippen LogP contribution is -1.91. The maximum Gasteiger partial charge on any atom is 0.0652 e. The number of allylic oxidation sites excluding steroid dienone is 1. The number of hydrogen-bond acceptors (Lipinski definition) is 2. The van der Waals surface area contributed by atoms with Gasteiger partial charge in [-0.05, 0) is 43.4 Å². The maximum absolute atomic E-state index is 8.83. The summed E-state index contributed by atoms with van der Waals surface area (Å²) in [6.07, 6.45) is 8.91. The van der Waals surface area contributed by atoms with Crippen molar-refractivity contribution in [3.05, 3.63) is 72.1 Å². The predicted molar refractivity (Wildman–Crippen MR) is 86.4 cm³/mol. The van der Waals surface area contributed by atoms with Gasteiger partial charge in [0, 0.05) is 23.9 Å². The van der Waals surface area contributed by atoms with Gasteiger partial charge in [-0.2, -0.15) is 5.26 Å². The fourth-order valence-electron chi connectivity index (χ4n) is 2.28. The SMILES string of the molecule is CC(C#N)CCC/C=C(\c1ccccc1)c1cccnc1. The van der Waals surface area contributed by atoms with Crippen molar-refractivity contribution in [1.29, 1.82) is 5.26 Å². The zero-order valence-electron chi connectivity index (χ0n) is 12.4. The second kappa shape index (κ2) is 8.01. The molecule has 0 aliphatic carbocycles. The number of rotatable bonds is 6. The van der Waals surface area contributed by atoms with E-state index in [-0.39, 0.29) is 5.92 Å². The summed E-state index contributed by atoms with van der Waals surface area (Å²) in [6, 6.07) is 16.7. The van der Waals surface area contributed by atoms with E-state index >= 15 is 0 Å². The zero-order valence-corrected chi connectivity index (χ0v) is 12.4. The van der Waals surface area contributed by atoms with E-state index in [0.717, 1.165) is 24.8 Å². The quantitative estimate of drug-likeness (QED) is 0.708. The van der Waals surface area contributed by atoms with Crippen molar-refractivity contribution in [3.63, 3.8) is 0 Å². The van der Waals surface area contributed by atoms with Crippen LogP contribution in [0.3, 0.4) is 0 Å². The van der Waals surface area contributed by atoms with Gasteiger partial charge in [0.15, 0.2) is 0 Å². The Morgan fingerprint density at radius 1 is 1.19 bits per heavy atom.